The average Bonchev–Trinajstić information content (AvgIpc) is 3.14. The Hall–Kier alpha value is -2.79. The van der Waals surface area contributed by atoms with Gasteiger partial charge >= 0.3 is 0 Å². The lowest BCUT2D eigenvalue weighted by Crippen LogP contribution is -2.07. The fraction of sp³-hybridized carbons (Fsp3) is 0.217. The van der Waals surface area contributed by atoms with Crippen LogP contribution in [0, 0.1) is 5.92 Å². The molecule has 5 heteroatoms. The molecule has 0 saturated carbocycles. The van der Waals surface area contributed by atoms with E-state index in [4.69, 9.17) is 4.74 Å². The van der Waals surface area contributed by atoms with Gasteiger partial charge in [0.25, 0.3) is 0 Å². The highest BCUT2D eigenvalue weighted by Gasteiger charge is 2.16. The molecule has 3 aromatic carbocycles. The molecule has 28 heavy (non-hydrogen) atoms. The van der Waals surface area contributed by atoms with E-state index >= 15 is 0 Å². The van der Waals surface area contributed by atoms with Crippen molar-refractivity contribution >= 4 is 22.5 Å². The Morgan fingerprint density at radius 3 is 2.46 bits per heavy atom. The summed E-state index contributed by atoms with van der Waals surface area (Å²) in [6.07, 6.45) is 0. The van der Waals surface area contributed by atoms with Gasteiger partial charge in [-0.3, -0.25) is 4.57 Å². The maximum Gasteiger partial charge on any atom is 0.195 e. The van der Waals surface area contributed by atoms with Crippen LogP contribution in [0.15, 0.2) is 78.0 Å². The molecule has 1 heterocycles. The summed E-state index contributed by atoms with van der Waals surface area (Å²) >= 11 is 1.73. The molecule has 0 radical (unpaired) electrons. The van der Waals surface area contributed by atoms with E-state index < -0.39 is 0 Å². The van der Waals surface area contributed by atoms with Crippen LogP contribution in [0.2, 0.25) is 0 Å². The summed E-state index contributed by atoms with van der Waals surface area (Å²) in [5.74, 6) is 3.23. The number of fused-ring (bicyclic) bond motifs is 1. The normalized spacial score (nSPS) is 11.2. The highest BCUT2D eigenvalue weighted by Crippen LogP contribution is 2.27. The molecule has 0 amide bonds. The molecule has 4 rings (SSSR count). The van der Waals surface area contributed by atoms with Gasteiger partial charge in [-0.05, 0) is 29.5 Å². The van der Waals surface area contributed by atoms with Crippen molar-refractivity contribution in [2.45, 2.75) is 25.6 Å². The Bertz CT molecular complexity index is 1050. The smallest absolute Gasteiger partial charge is 0.195 e. The van der Waals surface area contributed by atoms with Crippen molar-refractivity contribution in [2.24, 2.45) is 5.92 Å². The summed E-state index contributed by atoms with van der Waals surface area (Å²) in [5, 5.41) is 12.0. The summed E-state index contributed by atoms with van der Waals surface area (Å²) in [4.78, 5) is 0. The Morgan fingerprint density at radius 1 is 0.893 bits per heavy atom. The van der Waals surface area contributed by atoms with Crippen molar-refractivity contribution in [3.8, 4) is 11.4 Å². The number of rotatable bonds is 7. The van der Waals surface area contributed by atoms with Gasteiger partial charge in [-0.25, -0.2) is 0 Å². The zero-order valence-corrected chi connectivity index (χ0v) is 16.9. The van der Waals surface area contributed by atoms with Gasteiger partial charge in [0, 0.05) is 16.8 Å². The van der Waals surface area contributed by atoms with Crippen LogP contribution in [0.25, 0.3) is 16.5 Å². The molecule has 0 atom stereocenters. The van der Waals surface area contributed by atoms with E-state index in [2.05, 4.69) is 58.9 Å². The van der Waals surface area contributed by atoms with Crippen molar-refractivity contribution in [1.29, 1.82) is 0 Å². The summed E-state index contributed by atoms with van der Waals surface area (Å²) in [7, 11) is 0. The predicted molar refractivity (Wildman–Crippen MR) is 115 cm³/mol. The fourth-order valence-corrected chi connectivity index (χ4v) is 3.95. The number of hydrogen-bond donors (Lipinski definition) is 0. The number of thioether (sulfide) groups is 1. The molecular weight excluding hydrogens is 366 g/mol. The van der Waals surface area contributed by atoms with Crippen LogP contribution < -0.4 is 4.74 Å². The van der Waals surface area contributed by atoms with Crippen molar-refractivity contribution in [3.63, 3.8) is 0 Å². The van der Waals surface area contributed by atoms with Gasteiger partial charge in [0.05, 0.1) is 0 Å². The van der Waals surface area contributed by atoms with Crippen molar-refractivity contribution in [1.82, 2.24) is 14.8 Å². The summed E-state index contributed by atoms with van der Waals surface area (Å²) in [6.45, 7) is 4.78. The largest absolute Gasteiger partial charge is 0.485 e. The molecule has 0 fully saturated rings. The standard InChI is InChI=1S/C23H23N3OS/c1-17(2)16-28-23-25-24-22(26(23)19-11-4-3-5-12-19)15-27-21-14-8-10-18-9-6-7-13-20(18)21/h3-14,17H,15-16H2,1-2H3. The third kappa shape index (κ3) is 4.04. The van der Waals surface area contributed by atoms with Gasteiger partial charge < -0.3 is 4.74 Å². The molecule has 0 aliphatic heterocycles. The SMILES string of the molecule is CC(C)CSc1nnc(COc2cccc3ccccc23)n1-c1ccccc1. The molecular formula is C23H23N3OS. The number of para-hydroxylation sites is 1. The Balaban J connectivity index is 1.64. The predicted octanol–water partition coefficient (Wildman–Crippen LogP) is 5.75. The first-order valence-electron chi connectivity index (χ1n) is 9.45. The first-order chi connectivity index (χ1) is 13.7. The Morgan fingerprint density at radius 2 is 1.64 bits per heavy atom. The van der Waals surface area contributed by atoms with Crippen LogP contribution in [-0.2, 0) is 6.61 Å². The molecule has 0 spiro atoms. The highest BCUT2D eigenvalue weighted by molar-refractivity contribution is 7.99. The van der Waals surface area contributed by atoms with Crippen molar-refractivity contribution < 1.29 is 4.74 Å². The van der Waals surface area contributed by atoms with E-state index in [1.54, 1.807) is 11.8 Å². The molecule has 0 bridgehead atoms. The third-order valence-electron chi connectivity index (χ3n) is 4.37. The number of ether oxygens (including phenoxy) is 1. The summed E-state index contributed by atoms with van der Waals surface area (Å²) in [6, 6.07) is 24.6. The summed E-state index contributed by atoms with van der Waals surface area (Å²) in [5.41, 5.74) is 1.05. The molecule has 0 aliphatic rings. The number of hydrogen-bond acceptors (Lipinski definition) is 4. The third-order valence-corrected chi connectivity index (χ3v) is 5.72. The van der Waals surface area contributed by atoms with Crippen molar-refractivity contribution in [2.75, 3.05) is 5.75 Å². The first kappa shape index (κ1) is 18.6. The molecule has 0 unspecified atom stereocenters. The second kappa shape index (κ2) is 8.48. The highest BCUT2D eigenvalue weighted by atomic mass is 32.2. The van der Waals surface area contributed by atoms with Gasteiger partial charge in [0.1, 0.15) is 12.4 Å². The maximum absolute atomic E-state index is 6.17. The molecule has 0 saturated heterocycles. The van der Waals surface area contributed by atoms with Crippen LogP contribution in [-0.4, -0.2) is 20.5 Å². The number of nitrogens with zero attached hydrogens (tertiary/aromatic N) is 3. The Kier molecular flexibility index (Phi) is 5.63. The lowest BCUT2D eigenvalue weighted by molar-refractivity contribution is 0.296. The van der Waals surface area contributed by atoms with Crippen LogP contribution in [0.3, 0.4) is 0 Å². The molecule has 1 aromatic heterocycles. The van der Waals surface area contributed by atoms with E-state index in [0.717, 1.165) is 38.9 Å². The van der Waals surface area contributed by atoms with Crippen molar-refractivity contribution in [3.05, 3.63) is 78.6 Å². The van der Waals surface area contributed by atoms with E-state index in [1.165, 1.54) is 0 Å². The van der Waals surface area contributed by atoms with Crippen LogP contribution in [0.5, 0.6) is 5.75 Å². The maximum atomic E-state index is 6.17. The van der Waals surface area contributed by atoms with Crippen LogP contribution in [0.4, 0.5) is 0 Å². The van der Waals surface area contributed by atoms with E-state index in [0.29, 0.717) is 12.5 Å². The first-order valence-corrected chi connectivity index (χ1v) is 10.4. The van der Waals surface area contributed by atoms with E-state index in [-0.39, 0.29) is 0 Å². The molecule has 142 valence electrons. The van der Waals surface area contributed by atoms with Gasteiger partial charge in [0.2, 0.25) is 0 Å². The average molecular weight is 390 g/mol. The fourth-order valence-electron chi connectivity index (χ4n) is 3.03. The zero-order chi connectivity index (χ0) is 19.3. The quantitative estimate of drug-likeness (QED) is 0.377. The zero-order valence-electron chi connectivity index (χ0n) is 16.1. The second-order valence-corrected chi connectivity index (χ2v) is 8.03. The summed E-state index contributed by atoms with van der Waals surface area (Å²) < 4.78 is 8.27. The molecule has 4 aromatic rings. The van der Waals surface area contributed by atoms with Gasteiger partial charge in [-0.15, -0.1) is 10.2 Å². The minimum Gasteiger partial charge on any atom is -0.485 e. The second-order valence-electron chi connectivity index (χ2n) is 7.04. The van der Waals surface area contributed by atoms with Gasteiger partial charge in [0.15, 0.2) is 11.0 Å². The lowest BCUT2D eigenvalue weighted by atomic mass is 10.1. The molecule has 4 nitrogen and oxygen atoms in total. The van der Waals surface area contributed by atoms with E-state index in [1.807, 2.05) is 42.5 Å². The Labute approximate surface area is 169 Å². The number of aromatic nitrogens is 3. The topological polar surface area (TPSA) is 39.9 Å². The molecule has 0 N–H and O–H groups in total. The van der Waals surface area contributed by atoms with Crippen LogP contribution in [0.1, 0.15) is 19.7 Å². The lowest BCUT2D eigenvalue weighted by Gasteiger charge is -2.12. The van der Waals surface area contributed by atoms with Gasteiger partial charge in [-0.1, -0.05) is 80.2 Å². The van der Waals surface area contributed by atoms with Crippen LogP contribution >= 0.6 is 11.8 Å². The molecule has 0 aliphatic carbocycles. The van der Waals surface area contributed by atoms with Gasteiger partial charge in [-0.2, -0.15) is 0 Å². The minimum absolute atomic E-state index is 0.359. The monoisotopic (exact) mass is 389 g/mol. The van der Waals surface area contributed by atoms with E-state index in [9.17, 15) is 0 Å². The number of benzene rings is 3. The minimum atomic E-state index is 0.359.